The highest BCUT2D eigenvalue weighted by Gasteiger charge is 2.19. The van der Waals surface area contributed by atoms with Crippen LogP contribution in [-0.4, -0.2) is 39.9 Å². The SMILES string of the molecule is CC(C)CCc1cc(=O)oc2[nH]c(=O)[nH]c(=O)c12.O=c1[nH]c(=O)c2c(CCC3CCCC3)cc(=O)oc2[nH]1.O=c1[nH]c(=O)c2c(CCC3CCCCC3)cc(=O)oc2[nH]1.O=c1[nH]c(=O)c2c(CCCc3cccs3)cc(=O)oc2[nH]1. The second-order valence-corrected chi connectivity index (χ2v) is 21.4. The summed E-state index contributed by atoms with van der Waals surface area (Å²) >= 11 is 1.67. The van der Waals surface area contributed by atoms with Crippen LogP contribution in [0.15, 0.2) is 117 Å². The summed E-state index contributed by atoms with van der Waals surface area (Å²) in [6.45, 7) is 4.11. The van der Waals surface area contributed by atoms with Crippen LogP contribution in [0.25, 0.3) is 44.4 Å². The summed E-state index contributed by atoms with van der Waals surface area (Å²) in [7, 11) is 0. The minimum absolute atomic E-state index is 0.0325. The molecule has 8 N–H and O–H groups in total. The smallest absolute Gasteiger partial charge is 0.337 e. The van der Waals surface area contributed by atoms with E-state index < -0.39 is 67.5 Å². The highest BCUT2D eigenvalue weighted by Crippen LogP contribution is 2.30. The Bertz CT molecular complexity index is 4380. The molecule has 0 spiro atoms. The summed E-state index contributed by atoms with van der Waals surface area (Å²) < 4.78 is 19.6. The summed E-state index contributed by atoms with van der Waals surface area (Å²) in [5.74, 6) is 1.77. The third-order valence-corrected chi connectivity index (χ3v) is 15.1. The van der Waals surface area contributed by atoms with Gasteiger partial charge in [-0.15, -0.1) is 11.3 Å². The first-order chi connectivity index (χ1) is 38.4. The molecule has 0 amide bonds. The Morgan fingerprint density at radius 2 is 0.775 bits per heavy atom. The van der Waals surface area contributed by atoms with Gasteiger partial charge in [0, 0.05) is 29.1 Å². The number of aromatic amines is 8. The number of rotatable bonds is 13. The number of thiophene rings is 1. The molecule has 0 unspecified atom stereocenters. The third-order valence-electron chi connectivity index (χ3n) is 14.2. The lowest BCUT2D eigenvalue weighted by Gasteiger charge is -2.21. The highest BCUT2D eigenvalue weighted by molar-refractivity contribution is 7.09. The van der Waals surface area contributed by atoms with E-state index in [9.17, 15) is 57.5 Å². The van der Waals surface area contributed by atoms with Gasteiger partial charge in [0.05, 0.1) is 0 Å². The molecule has 422 valence electrons. The van der Waals surface area contributed by atoms with E-state index in [-0.39, 0.29) is 44.4 Å². The fraction of sp³-hybridized carbons (Fsp3) is 0.418. The Hall–Kier alpha value is -8.74. The lowest BCUT2D eigenvalue weighted by Crippen LogP contribution is -2.24. The quantitative estimate of drug-likeness (QED) is 0.0741. The Morgan fingerprint density at radius 1 is 0.438 bits per heavy atom. The van der Waals surface area contributed by atoms with E-state index in [0.717, 1.165) is 32.1 Å². The van der Waals surface area contributed by atoms with Gasteiger partial charge < -0.3 is 17.7 Å². The van der Waals surface area contributed by atoms with Crippen LogP contribution in [0.2, 0.25) is 0 Å². The van der Waals surface area contributed by atoms with E-state index in [1.54, 1.807) is 11.3 Å². The zero-order valence-electron chi connectivity index (χ0n) is 43.9. The molecular formula is C55H60N8O16S. The summed E-state index contributed by atoms with van der Waals surface area (Å²) in [5.41, 5.74) is -4.70. The van der Waals surface area contributed by atoms with E-state index in [1.165, 1.54) is 86.9 Å². The number of nitrogens with one attached hydrogen (secondary N) is 8. The van der Waals surface area contributed by atoms with Crippen molar-refractivity contribution in [2.24, 2.45) is 17.8 Å². The minimum atomic E-state index is -0.689. The van der Waals surface area contributed by atoms with Crippen LogP contribution < -0.4 is 67.5 Å². The second kappa shape index (κ2) is 26.3. The van der Waals surface area contributed by atoms with E-state index >= 15 is 0 Å². The molecule has 2 aliphatic rings. The van der Waals surface area contributed by atoms with Gasteiger partial charge in [-0.1, -0.05) is 77.7 Å². The van der Waals surface area contributed by atoms with E-state index in [0.29, 0.717) is 65.7 Å². The van der Waals surface area contributed by atoms with Gasteiger partial charge in [0.15, 0.2) is 0 Å². The van der Waals surface area contributed by atoms with Crippen molar-refractivity contribution >= 4 is 55.7 Å². The van der Waals surface area contributed by atoms with Gasteiger partial charge in [-0.05, 0) is 109 Å². The molecule has 0 aromatic carbocycles. The molecule has 0 saturated heterocycles. The van der Waals surface area contributed by atoms with E-state index in [4.69, 9.17) is 17.7 Å². The zero-order valence-corrected chi connectivity index (χ0v) is 44.8. The first kappa shape index (κ1) is 57.4. The second-order valence-electron chi connectivity index (χ2n) is 20.4. The molecule has 0 radical (unpaired) electrons. The molecule has 0 bridgehead atoms. The molecule has 9 heterocycles. The number of hydrogen-bond donors (Lipinski definition) is 8. The fourth-order valence-corrected chi connectivity index (χ4v) is 11.1. The number of H-pyrrole nitrogens is 8. The molecule has 9 aromatic heterocycles. The molecule has 9 aromatic rings. The molecule has 0 atom stereocenters. The molecule has 0 aliphatic heterocycles. The lowest BCUT2D eigenvalue weighted by atomic mass is 9.85. The van der Waals surface area contributed by atoms with Crippen molar-refractivity contribution in [2.45, 2.75) is 129 Å². The van der Waals surface area contributed by atoms with Crippen molar-refractivity contribution in [1.82, 2.24) is 39.9 Å². The van der Waals surface area contributed by atoms with Crippen LogP contribution in [0, 0.1) is 17.8 Å². The largest absolute Gasteiger partial charge is 0.405 e. The van der Waals surface area contributed by atoms with Crippen LogP contribution in [0.4, 0.5) is 0 Å². The van der Waals surface area contributed by atoms with Gasteiger partial charge in [-0.3, -0.25) is 59.0 Å². The van der Waals surface area contributed by atoms with Gasteiger partial charge in [-0.25, -0.2) is 38.4 Å². The topological polar surface area (TPSA) is 384 Å². The van der Waals surface area contributed by atoms with Crippen molar-refractivity contribution in [3.63, 3.8) is 0 Å². The zero-order chi connectivity index (χ0) is 57.0. The van der Waals surface area contributed by atoms with Crippen LogP contribution in [0.1, 0.15) is 124 Å². The number of aryl methyl sites for hydroxylation is 5. The van der Waals surface area contributed by atoms with Gasteiger partial charge in [0.2, 0.25) is 22.9 Å². The molecule has 80 heavy (non-hydrogen) atoms. The number of aromatic nitrogens is 8. The van der Waals surface area contributed by atoms with Gasteiger partial charge in [0.25, 0.3) is 22.2 Å². The summed E-state index contributed by atoms with van der Waals surface area (Å²) in [6, 6.07) is 9.36. The van der Waals surface area contributed by atoms with Crippen molar-refractivity contribution in [3.05, 3.63) is 194 Å². The predicted octanol–water partition coefficient (Wildman–Crippen LogP) is 5.14. The average Bonchev–Trinajstić information content (AvgIpc) is 4.18. The van der Waals surface area contributed by atoms with Crippen molar-refractivity contribution in [2.75, 3.05) is 0 Å². The van der Waals surface area contributed by atoms with Crippen LogP contribution in [0.3, 0.4) is 0 Å². The van der Waals surface area contributed by atoms with Crippen LogP contribution in [0.5, 0.6) is 0 Å². The Kier molecular flexibility index (Phi) is 18.9. The van der Waals surface area contributed by atoms with E-state index in [1.807, 2.05) is 17.5 Å². The molecule has 24 nitrogen and oxygen atoms in total. The van der Waals surface area contributed by atoms with Crippen molar-refractivity contribution < 1.29 is 17.7 Å². The average molecular weight is 1120 g/mol. The lowest BCUT2D eigenvalue weighted by molar-refractivity contribution is 0.339. The van der Waals surface area contributed by atoms with Crippen molar-refractivity contribution in [3.8, 4) is 0 Å². The van der Waals surface area contributed by atoms with Gasteiger partial charge >= 0.3 is 45.3 Å². The third kappa shape index (κ3) is 15.1. The summed E-state index contributed by atoms with van der Waals surface area (Å²) in [4.78, 5) is 158. The van der Waals surface area contributed by atoms with Gasteiger partial charge in [-0.2, -0.15) is 0 Å². The fourth-order valence-electron chi connectivity index (χ4n) is 10.3. The number of hydrogen-bond acceptors (Lipinski definition) is 17. The monoisotopic (exact) mass is 1120 g/mol. The molecule has 2 saturated carbocycles. The maximum Gasteiger partial charge on any atom is 0.337 e. The highest BCUT2D eigenvalue weighted by atomic mass is 32.1. The van der Waals surface area contributed by atoms with Gasteiger partial charge in [0.1, 0.15) is 21.5 Å². The standard InChI is InChI=1S/C15H18N2O4.C14H12N2O4S.C14H16N2O4.C12H14N2O4/c18-11-8-10(7-6-9-4-2-1-3-5-9)12-13(19)16-15(20)17-14(12)21-11;17-10-7-8(3-1-4-9-5-2-6-21-9)11-12(18)15-14(19)16-13(11)20-10;17-10-7-9(6-5-8-3-1-2-4-8)11-12(18)15-14(19)16-13(11)20-10;1-6(2)3-4-7-5-8(15)18-11-9(7)10(16)13-12(17)14-11/h8-9H,1-7H2,(H2,16,17,19,20);2,5-7H,1,3-4H2,(H2,15,16,18,19);7-8H,1-6H2,(H2,15,16,18,19);5-6H,3-4H2,1-2H3,(H2,13,14,16,17). The molecule has 11 rings (SSSR count). The molecule has 2 aliphatic carbocycles. The predicted molar refractivity (Wildman–Crippen MR) is 300 cm³/mol. The first-order valence-electron chi connectivity index (χ1n) is 26.6. The molecular weight excluding hydrogens is 1060 g/mol. The van der Waals surface area contributed by atoms with Crippen LogP contribution >= 0.6 is 11.3 Å². The first-order valence-corrected chi connectivity index (χ1v) is 27.4. The van der Waals surface area contributed by atoms with Crippen LogP contribution in [-0.2, 0) is 32.1 Å². The molecule has 2 fully saturated rings. The maximum absolute atomic E-state index is 11.9. The van der Waals surface area contributed by atoms with Crippen molar-refractivity contribution in [1.29, 1.82) is 0 Å². The number of fused-ring (bicyclic) bond motifs is 4. The molecule has 25 heteroatoms. The summed E-state index contributed by atoms with van der Waals surface area (Å²) in [6.07, 6.45) is 18.1. The normalized spacial score (nSPS) is 13.7. The minimum Gasteiger partial charge on any atom is -0.405 e. The summed E-state index contributed by atoms with van der Waals surface area (Å²) in [5, 5.41) is 3.06. The Labute approximate surface area is 452 Å². The Morgan fingerprint density at radius 3 is 1.11 bits per heavy atom. The van der Waals surface area contributed by atoms with E-state index in [2.05, 4.69) is 53.7 Å². The Balaban J connectivity index is 0.000000140. The maximum atomic E-state index is 11.9.